The molecule has 0 aliphatic carbocycles. The van der Waals surface area contributed by atoms with E-state index in [1.54, 1.807) is 19.2 Å². The van der Waals surface area contributed by atoms with E-state index in [0.717, 1.165) is 36.9 Å². The Morgan fingerprint density at radius 2 is 1.77 bits per heavy atom. The van der Waals surface area contributed by atoms with Gasteiger partial charge in [0, 0.05) is 45.7 Å². The minimum atomic E-state index is -3.15. The first-order valence-corrected chi connectivity index (χ1v) is 12.3. The Balaban J connectivity index is 0.00000341. The summed E-state index contributed by atoms with van der Waals surface area (Å²) in [5, 5.41) is 6.65. The van der Waals surface area contributed by atoms with Gasteiger partial charge in [0.15, 0.2) is 15.8 Å². The lowest BCUT2D eigenvalue weighted by molar-refractivity contribution is 0.573. The Labute approximate surface area is 202 Å². The number of hydrogen-bond acceptors (Lipinski definition) is 5. The molecule has 7 nitrogen and oxygen atoms in total. The SMILES string of the molecule is CN=C(NCCc1ccc(S(C)(=O)=O)cc1)NCc1ccnc(N2CCCCC2)c1.I. The molecular weight excluding hydrogens is 525 g/mol. The molecule has 0 atom stereocenters. The summed E-state index contributed by atoms with van der Waals surface area (Å²) in [4.78, 5) is 11.5. The van der Waals surface area contributed by atoms with Gasteiger partial charge in [-0.05, 0) is 61.1 Å². The number of anilines is 1. The molecule has 3 rings (SSSR count). The number of nitrogens with one attached hydrogen (secondary N) is 2. The van der Waals surface area contributed by atoms with Gasteiger partial charge in [-0.3, -0.25) is 4.99 Å². The normalized spacial score (nSPS) is 14.6. The van der Waals surface area contributed by atoms with Crippen LogP contribution in [0.1, 0.15) is 30.4 Å². The molecule has 1 aliphatic heterocycles. The number of hydrogen-bond donors (Lipinski definition) is 2. The van der Waals surface area contributed by atoms with E-state index >= 15 is 0 Å². The van der Waals surface area contributed by atoms with Crippen molar-refractivity contribution in [1.82, 2.24) is 15.6 Å². The van der Waals surface area contributed by atoms with Crippen molar-refractivity contribution in [3.63, 3.8) is 0 Å². The minimum Gasteiger partial charge on any atom is -0.357 e. The molecule has 9 heteroatoms. The van der Waals surface area contributed by atoms with Crippen LogP contribution < -0.4 is 15.5 Å². The zero-order valence-corrected chi connectivity index (χ0v) is 21.3. The molecular formula is C22H32IN5O2S. The number of halogens is 1. The van der Waals surface area contributed by atoms with Gasteiger partial charge in [-0.1, -0.05) is 12.1 Å². The first kappa shape index (κ1) is 25.4. The number of pyridine rings is 1. The molecule has 0 amide bonds. The fourth-order valence-corrected chi connectivity index (χ4v) is 4.13. The monoisotopic (exact) mass is 557 g/mol. The van der Waals surface area contributed by atoms with Gasteiger partial charge in [-0.15, -0.1) is 24.0 Å². The second-order valence-corrected chi connectivity index (χ2v) is 9.60. The van der Waals surface area contributed by atoms with Gasteiger partial charge < -0.3 is 15.5 Å². The number of benzene rings is 1. The van der Waals surface area contributed by atoms with Gasteiger partial charge in [0.2, 0.25) is 0 Å². The van der Waals surface area contributed by atoms with Gasteiger partial charge >= 0.3 is 0 Å². The van der Waals surface area contributed by atoms with E-state index in [1.807, 2.05) is 24.4 Å². The third kappa shape index (κ3) is 7.95. The standard InChI is InChI=1S/C22H31N5O2S.HI/c1-23-22(25-13-10-18-6-8-20(9-7-18)30(2,28)29)26-17-19-11-12-24-21(16-19)27-14-4-3-5-15-27;/h6-9,11-12,16H,3-5,10,13-15,17H2,1-2H3,(H2,23,25,26);1H. The highest BCUT2D eigenvalue weighted by molar-refractivity contribution is 14.0. The molecule has 1 aliphatic rings. The smallest absolute Gasteiger partial charge is 0.191 e. The van der Waals surface area contributed by atoms with Crippen molar-refractivity contribution in [2.75, 3.05) is 37.8 Å². The summed E-state index contributed by atoms with van der Waals surface area (Å²) in [6.45, 7) is 3.54. The van der Waals surface area contributed by atoms with Gasteiger partial charge in [-0.2, -0.15) is 0 Å². The van der Waals surface area contributed by atoms with Crippen LogP contribution in [0, 0.1) is 0 Å². The maximum Gasteiger partial charge on any atom is 0.191 e. The maximum absolute atomic E-state index is 11.5. The quantitative estimate of drug-likeness (QED) is 0.310. The van der Waals surface area contributed by atoms with Crippen LogP contribution in [0.4, 0.5) is 5.82 Å². The van der Waals surface area contributed by atoms with E-state index < -0.39 is 9.84 Å². The van der Waals surface area contributed by atoms with Crippen LogP contribution in [0.3, 0.4) is 0 Å². The molecule has 2 heterocycles. The summed E-state index contributed by atoms with van der Waals surface area (Å²) >= 11 is 0. The maximum atomic E-state index is 11.5. The Morgan fingerprint density at radius 1 is 1.06 bits per heavy atom. The molecule has 0 spiro atoms. The lowest BCUT2D eigenvalue weighted by atomic mass is 10.1. The molecule has 1 aromatic carbocycles. The second-order valence-electron chi connectivity index (χ2n) is 7.59. The Kier molecular flexibility index (Phi) is 10.0. The zero-order chi connectivity index (χ0) is 21.4. The molecule has 31 heavy (non-hydrogen) atoms. The fraction of sp³-hybridized carbons (Fsp3) is 0.455. The number of aromatic nitrogens is 1. The highest BCUT2D eigenvalue weighted by Gasteiger charge is 2.12. The van der Waals surface area contributed by atoms with Gasteiger partial charge in [0.05, 0.1) is 4.90 Å². The molecule has 2 aromatic rings. The Hall–Kier alpha value is -1.88. The Bertz CT molecular complexity index is 958. The first-order valence-electron chi connectivity index (χ1n) is 10.4. The zero-order valence-electron chi connectivity index (χ0n) is 18.2. The molecule has 1 fully saturated rings. The largest absolute Gasteiger partial charge is 0.357 e. The van der Waals surface area contributed by atoms with Crippen molar-refractivity contribution in [2.24, 2.45) is 4.99 Å². The average molecular weight is 558 g/mol. The van der Waals surface area contributed by atoms with Crippen molar-refractivity contribution in [2.45, 2.75) is 37.1 Å². The van der Waals surface area contributed by atoms with Crippen LogP contribution in [0.2, 0.25) is 0 Å². The number of guanidine groups is 1. The van der Waals surface area contributed by atoms with Crippen molar-refractivity contribution in [3.05, 3.63) is 53.7 Å². The summed E-state index contributed by atoms with van der Waals surface area (Å²) in [6, 6.07) is 11.2. The molecule has 2 N–H and O–H groups in total. The average Bonchev–Trinajstić information content (AvgIpc) is 2.76. The highest BCUT2D eigenvalue weighted by atomic mass is 127. The molecule has 1 saturated heterocycles. The molecule has 0 unspecified atom stereocenters. The summed E-state index contributed by atoms with van der Waals surface area (Å²) in [5.41, 5.74) is 2.25. The first-order chi connectivity index (χ1) is 14.5. The lowest BCUT2D eigenvalue weighted by Gasteiger charge is -2.28. The Morgan fingerprint density at radius 3 is 2.42 bits per heavy atom. The topological polar surface area (TPSA) is 86.7 Å². The van der Waals surface area contributed by atoms with Crippen LogP contribution in [-0.4, -0.2) is 52.3 Å². The lowest BCUT2D eigenvalue weighted by Crippen LogP contribution is -2.38. The van der Waals surface area contributed by atoms with E-state index in [0.29, 0.717) is 18.0 Å². The molecule has 0 radical (unpaired) electrons. The summed E-state index contributed by atoms with van der Waals surface area (Å²) in [5.74, 6) is 1.79. The van der Waals surface area contributed by atoms with Crippen LogP contribution >= 0.6 is 24.0 Å². The molecule has 0 bridgehead atoms. The van der Waals surface area contributed by atoms with Crippen molar-refractivity contribution >= 4 is 45.6 Å². The predicted octanol–water partition coefficient (Wildman–Crippen LogP) is 3.00. The summed E-state index contributed by atoms with van der Waals surface area (Å²) in [6.07, 6.45) is 7.64. The number of rotatable bonds is 7. The number of nitrogens with zero attached hydrogens (tertiary/aromatic N) is 3. The number of piperidine rings is 1. The van der Waals surface area contributed by atoms with Crippen LogP contribution in [0.25, 0.3) is 0 Å². The fourth-order valence-electron chi connectivity index (χ4n) is 3.50. The number of sulfone groups is 1. The molecule has 170 valence electrons. The van der Waals surface area contributed by atoms with Crippen LogP contribution in [-0.2, 0) is 22.8 Å². The summed E-state index contributed by atoms with van der Waals surface area (Å²) in [7, 11) is -1.40. The van der Waals surface area contributed by atoms with Crippen molar-refractivity contribution < 1.29 is 8.42 Å². The third-order valence-electron chi connectivity index (χ3n) is 5.23. The van der Waals surface area contributed by atoms with Crippen LogP contribution in [0.5, 0.6) is 0 Å². The highest BCUT2D eigenvalue weighted by Crippen LogP contribution is 2.18. The van der Waals surface area contributed by atoms with Crippen LogP contribution in [0.15, 0.2) is 52.5 Å². The van der Waals surface area contributed by atoms with Gasteiger partial charge in [0.1, 0.15) is 5.82 Å². The predicted molar refractivity (Wildman–Crippen MR) is 137 cm³/mol. The second kappa shape index (κ2) is 12.2. The van der Waals surface area contributed by atoms with Gasteiger partial charge in [-0.25, -0.2) is 13.4 Å². The molecule has 1 aromatic heterocycles. The van der Waals surface area contributed by atoms with Gasteiger partial charge in [0.25, 0.3) is 0 Å². The van der Waals surface area contributed by atoms with Crippen molar-refractivity contribution in [3.8, 4) is 0 Å². The van der Waals surface area contributed by atoms with E-state index in [4.69, 9.17) is 0 Å². The van der Waals surface area contributed by atoms with Crippen molar-refractivity contribution in [1.29, 1.82) is 0 Å². The molecule has 0 saturated carbocycles. The van der Waals surface area contributed by atoms with E-state index in [-0.39, 0.29) is 24.0 Å². The third-order valence-corrected chi connectivity index (χ3v) is 6.36. The van der Waals surface area contributed by atoms with E-state index in [9.17, 15) is 8.42 Å². The summed E-state index contributed by atoms with van der Waals surface area (Å²) < 4.78 is 23.1. The minimum absolute atomic E-state index is 0. The number of aliphatic imine (C=N–C) groups is 1. The van der Waals surface area contributed by atoms with E-state index in [1.165, 1.54) is 31.1 Å². The van der Waals surface area contributed by atoms with E-state index in [2.05, 4.69) is 31.6 Å².